The first-order valence-corrected chi connectivity index (χ1v) is 12.1. The van der Waals surface area contributed by atoms with Crippen LogP contribution in [0.4, 0.5) is 22.0 Å². The van der Waals surface area contributed by atoms with Crippen molar-refractivity contribution in [2.45, 2.75) is 69.6 Å². The number of alkyl halides is 5. The number of aryl methyl sites for hydroxylation is 1. The minimum Gasteiger partial charge on any atom is -0.344 e. The standard InChI is InChI=1S/C23H24F5N7O3/c1-11-18(34-38-33-11)21(37)31-19(12-4-6-22(24,25)7-5-12)15-10-35-17(29-15)3-2-14(32-35)8-13-9-16(23(26,27)28)30-20(13)36/h2-3,10,12-13,16,19H,4-9H2,1H3,(H,30,36)(H,31,37)/t13-,16-,19?/m0/s1. The molecule has 1 saturated heterocycles. The number of nitrogens with one attached hydrogen (secondary N) is 2. The third-order valence-corrected chi connectivity index (χ3v) is 7.16. The molecule has 3 atom stereocenters. The van der Waals surface area contributed by atoms with E-state index in [2.05, 4.69) is 30.3 Å². The summed E-state index contributed by atoms with van der Waals surface area (Å²) >= 11 is 0. The highest BCUT2D eigenvalue weighted by molar-refractivity contribution is 5.93. The van der Waals surface area contributed by atoms with Gasteiger partial charge in [0, 0.05) is 25.2 Å². The number of aromatic nitrogens is 5. The van der Waals surface area contributed by atoms with Gasteiger partial charge in [0.15, 0.2) is 11.3 Å². The van der Waals surface area contributed by atoms with Crippen molar-refractivity contribution < 1.29 is 36.2 Å². The molecule has 2 aliphatic rings. The predicted molar refractivity (Wildman–Crippen MR) is 119 cm³/mol. The van der Waals surface area contributed by atoms with Crippen LogP contribution in [-0.4, -0.2) is 54.9 Å². The van der Waals surface area contributed by atoms with Gasteiger partial charge in [0.1, 0.15) is 11.7 Å². The van der Waals surface area contributed by atoms with Crippen LogP contribution in [0, 0.1) is 18.8 Å². The molecular formula is C23H24F5N7O3. The van der Waals surface area contributed by atoms with E-state index in [1.807, 2.05) is 5.32 Å². The molecule has 4 heterocycles. The zero-order chi connectivity index (χ0) is 27.2. The molecule has 204 valence electrons. The predicted octanol–water partition coefficient (Wildman–Crippen LogP) is 3.33. The number of hydrogen-bond acceptors (Lipinski definition) is 7. The van der Waals surface area contributed by atoms with Gasteiger partial charge in [-0.3, -0.25) is 9.59 Å². The monoisotopic (exact) mass is 541 g/mol. The maximum atomic E-state index is 13.8. The summed E-state index contributed by atoms with van der Waals surface area (Å²) in [6.45, 7) is 1.54. The van der Waals surface area contributed by atoms with Crippen molar-refractivity contribution in [2.75, 3.05) is 0 Å². The van der Waals surface area contributed by atoms with Crippen molar-refractivity contribution in [2.24, 2.45) is 11.8 Å². The van der Waals surface area contributed by atoms with E-state index in [0.29, 0.717) is 17.0 Å². The third-order valence-electron chi connectivity index (χ3n) is 7.16. The summed E-state index contributed by atoms with van der Waals surface area (Å²) in [4.78, 5) is 29.5. The fourth-order valence-corrected chi connectivity index (χ4v) is 5.06. The molecule has 1 unspecified atom stereocenters. The molecule has 5 rings (SSSR count). The average Bonchev–Trinajstić information content (AvgIpc) is 3.56. The van der Waals surface area contributed by atoms with Gasteiger partial charge < -0.3 is 10.6 Å². The molecule has 3 aromatic heterocycles. The first-order chi connectivity index (χ1) is 17.9. The quantitative estimate of drug-likeness (QED) is 0.459. The molecule has 1 aliphatic carbocycles. The van der Waals surface area contributed by atoms with E-state index in [1.165, 1.54) is 10.7 Å². The minimum absolute atomic E-state index is 0.00181. The normalized spacial score (nSPS) is 22.9. The highest BCUT2D eigenvalue weighted by Crippen LogP contribution is 2.41. The summed E-state index contributed by atoms with van der Waals surface area (Å²) in [7, 11) is 0. The lowest BCUT2D eigenvalue weighted by Crippen LogP contribution is -2.38. The number of carbonyl (C=O) groups excluding carboxylic acids is 2. The molecule has 2 N–H and O–H groups in total. The number of hydrogen-bond donors (Lipinski definition) is 2. The van der Waals surface area contributed by atoms with E-state index in [0.717, 1.165) is 0 Å². The molecule has 10 nitrogen and oxygen atoms in total. The highest BCUT2D eigenvalue weighted by Gasteiger charge is 2.47. The Hall–Kier alpha value is -3.65. The van der Waals surface area contributed by atoms with Crippen molar-refractivity contribution in [1.82, 2.24) is 35.5 Å². The van der Waals surface area contributed by atoms with Crippen LogP contribution < -0.4 is 10.6 Å². The van der Waals surface area contributed by atoms with E-state index in [-0.39, 0.29) is 55.8 Å². The van der Waals surface area contributed by atoms with Crippen LogP contribution in [0.5, 0.6) is 0 Å². The van der Waals surface area contributed by atoms with Gasteiger partial charge in [-0.25, -0.2) is 22.9 Å². The van der Waals surface area contributed by atoms with E-state index in [1.54, 1.807) is 19.1 Å². The number of amides is 2. The van der Waals surface area contributed by atoms with Crippen LogP contribution in [0.15, 0.2) is 23.0 Å². The molecule has 0 aromatic carbocycles. The molecule has 0 spiro atoms. The molecule has 38 heavy (non-hydrogen) atoms. The zero-order valence-corrected chi connectivity index (χ0v) is 20.1. The van der Waals surface area contributed by atoms with E-state index < -0.39 is 41.9 Å². The van der Waals surface area contributed by atoms with E-state index >= 15 is 0 Å². The van der Waals surface area contributed by atoms with Crippen LogP contribution in [-0.2, 0) is 11.2 Å². The van der Waals surface area contributed by atoms with Gasteiger partial charge >= 0.3 is 6.18 Å². The third kappa shape index (κ3) is 5.31. The maximum absolute atomic E-state index is 13.8. The van der Waals surface area contributed by atoms with Gasteiger partial charge in [0.05, 0.1) is 23.6 Å². The van der Waals surface area contributed by atoms with Crippen LogP contribution in [0.1, 0.15) is 65.7 Å². The average molecular weight is 541 g/mol. The van der Waals surface area contributed by atoms with Gasteiger partial charge in [-0.15, -0.1) is 0 Å². The molecule has 2 amide bonds. The number of rotatable bonds is 6. The Balaban J connectivity index is 1.38. The number of carbonyl (C=O) groups is 2. The lowest BCUT2D eigenvalue weighted by molar-refractivity contribution is -0.154. The summed E-state index contributed by atoms with van der Waals surface area (Å²) in [5.41, 5.74) is 1.37. The summed E-state index contributed by atoms with van der Waals surface area (Å²) in [5, 5.41) is 16.4. The Morgan fingerprint density at radius 2 is 2.00 bits per heavy atom. The lowest BCUT2D eigenvalue weighted by Gasteiger charge is -2.33. The molecule has 1 saturated carbocycles. The first-order valence-electron chi connectivity index (χ1n) is 12.1. The van der Waals surface area contributed by atoms with Gasteiger partial charge in [-0.1, -0.05) is 5.16 Å². The van der Waals surface area contributed by atoms with Crippen molar-refractivity contribution >= 4 is 17.5 Å². The topological polar surface area (TPSA) is 127 Å². The second-order valence-corrected chi connectivity index (χ2v) is 9.88. The van der Waals surface area contributed by atoms with Gasteiger partial charge in [-0.2, -0.15) is 18.3 Å². The SMILES string of the molecule is Cc1nonc1C(=O)NC(c1cn2nc(C[C@H]3C[C@@H](C(F)(F)F)NC3=O)ccc2n1)C1CCC(F)(F)CC1. The van der Waals surface area contributed by atoms with Gasteiger partial charge in [-0.05, 0) is 49.4 Å². The number of imidazole rings is 1. The van der Waals surface area contributed by atoms with Crippen molar-refractivity contribution in [3.63, 3.8) is 0 Å². The lowest BCUT2D eigenvalue weighted by atomic mass is 9.81. The van der Waals surface area contributed by atoms with E-state index in [9.17, 15) is 31.5 Å². The minimum atomic E-state index is -4.52. The summed E-state index contributed by atoms with van der Waals surface area (Å²) in [6, 6.07) is 0.534. The number of halogens is 5. The smallest absolute Gasteiger partial charge is 0.344 e. The Bertz CT molecular complexity index is 1340. The second kappa shape index (κ2) is 9.58. The fourth-order valence-electron chi connectivity index (χ4n) is 5.06. The van der Waals surface area contributed by atoms with E-state index in [4.69, 9.17) is 0 Å². The van der Waals surface area contributed by atoms with Crippen LogP contribution >= 0.6 is 0 Å². The fraction of sp³-hybridized carbons (Fsp3) is 0.565. The molecule has 0 radical (unpaired) electrons. The Labute approximate surface area is 212 Å². The van der Waals surface area contributed by atoms with Crippen molar-refractivity contribution in [1.29, 1.82) is 0 Å². The van der Waals surface area contributed by atoms with Gasteiger partial charge in [0.2, 0.25) is 11.8 Å². The number of nitrogens with zero attached hydrogens (tertiary/aromatic N) is 5. The molecule has 2 fully saturated rings. The van der Waals surface area contributed by atoms with Crippen LogP contribution in [0.2, 0.25) is 0 Å². The largest absolute Gasteiger partial charge is 0.408 e. The molecule has 1 aliphatic heterocycles. The van der Waals surface area contributed by atoms with Crippen LogP contribution in [0.25, 0.3) is 5.65 Å². The summed E-state index contributed by atoms with van der Waals surface area (Å²) < 4.78 is 72.7. The summed E-state index contributed by atoms with van der Waals surface area (Å²) in [5.74, 6) is -5.28. The Kier molecular flexibility index (Phi) is 6.55. The second-order valence-electron chi connectivity index (χ2n) is 9.88. The van der Waals surface area contributed by atoms with Crippen molar-refractivity contribution in [3.8, 4) is 0 Å². The summed E-state index contributed by atoms with van der Waals surface area (Å²) in [6.07, 6.45) is -3.72. The van der Waals surface area contributed by atoms with Gasteiger partial charge in [0.25, 0.3) is 5.91 Å². The first kappa shape index (κ1) is 26.0. The number of fused-ring (bicyclic) bond motifs is 1. The zero-order valence-electron chi connectivity index (χ0n) is 20.1. The Morgan fingerprint density at radius 3 is 2.63 bits per heavy atom. The molecule has 3 aromatic rings. The Morgan fingerprint density at radius 1 is 1.26 bits per heavy atom. The molecule has 15 heteroatoms. The van der Waals surface area contributed by atoms with Crippen LogP contribution in [0.3, 0.4) is 0 Å². The molecular weight excluding hydrogens is 517 g/mol. The highest BCUT2D eigenvalue weighted by atomic mass is 19.4. The maximum Gasteiger partial charge on any atom is 0.408 e. The van der Waals surface area contributed by atoms with Crippen molar-refractivity contribution in [3.05, 3.63) is 41.1 Å². The molecule has 0 bridgehead atoms.